The number of nitrogens with one attached hydrogen (secondary N) is 2. The summed E-state index contributed by atoms with van der Waals surface area (Å²) in [5.74, 6) is -3.35. The lowest BCUT2D eigenvalue weighted by molar-refractivity contribution is -0.145. The normalized spacial score (nSPS) is 14.6. The van der Waals surface area contributed by atoms with Gasteiger partial charge in [-0.1, -0.05) is 24.3 Å². The van der Waals surface area contributed by atoms with E-state index in [1.807, 2.05) is 6.07 Å². The molecule has 0 radical (unpaired) electrons. The summed E-state index contributed by atoms with van der Waals surface area (Å²) in [5, 5.41) is 5.26. The Morgan fingerprint density at radius 1 is 0.970 bits per heavy atom. The highest BCUT2D eigenvalue weighted by Crippen LogP contribution is 2.33. The Kier molecular flexibility index (Phi) is 6.26. The lowest BCUT2D eigenvalue weighted by Gasteiger charge is -2.24. The molecule has 8 heteroatoms. The van der Waals surface area contributed by atoms with E-state index >= 15 is 0 Å². The van der Waals surface area contributed by atoms with E-state index in [2.05, 4.69) is 10.6 Å². The highest BCUT2D eigenvalue weighted by Gasteiger charge is 2.32. The minimum Gasteiger partial charge on any atom is -0.457 e. The summed E-state index contributed by atoms with van der Waals surface area (Å²) >= 11 is 0. The molecule has 1 unspecified atom stereocenters. The van der Waals surface area contributed by atoms with E-state index in [0.29, 0.717) is 22.4 Å². The van der Waals surface area contributed by atoms with E-state index in [4.69, 9.17) is 4.74 Å². The van der Waals surface area contributed by atoms with Crippen LogP contribution in [0.5, 0.6) is 0 Å². The maximum atomic E-state index is 13.4. The van der Waals surface area contributed by atoms with E-state index < -0.39 is 36.0 Å². The second-order valence-electron chi connectivity index (χ2n) is 7.46. The van der Waals surface area contributed by atoms with Crippen molar-refractivity contribution in [3.63, 3.8) is 0 Å². The van der Waals surface area contributed by atoms with Crippen LogP contribution >= 0.6 is 0 Å². The number of amides is 2. The summed E-state index contributed by atoms with van der Waals surface area (Å²) in [6.07, 6.45) is -0.151. The number of halogens is 1. The summed E-state index contributed by atoms with van der Waals surface area (Å²) in [6, 6.07) is 18.6. The number of ketones is 1. The first-order chi connectivity index (χ1) is 15.9. The summed E-state index contributed by atoms with van der Waals surface area (Å²) in [7, 11) is 0. The maximum Gasteiger partial charge on any atom is 0.314 e. The summed E-state index contributed by atoms with van der Waals surface area (Å²) in [6.45, 7) is -0.511. The van der Waals surface area contributed by atoms with Crippen LogP contribution in [0.2, 0.25) is 0 Å². The van der Waals surface area contributed by atoms with Gasteiger partial charge in [-0.05, 0) is 54.1 Å². The number of hydrogen-bond donors (Lipinski definition) is 2. The Bertz CT molecular complexity index is 1230. The number of Topliss-reactive ketones (excluding diaryl/α,β-unsaturated/α-hetero) is 1. The average molecular weight is 446 g/mol. The molecule has 1 heterocycles. The van der Waals surface area contributed by atoms with Crippen molar-refractivity contribution in [1.29, 1.82) is 0 Å². The fourth-order valence-corrected chi connectivity index (χ4v) is 3.50. The van der Waals surface area contributed by atoms with E-state index in [-0.39, 0.29) is 18.0 Å². The monoisotopic (exact) mass is 446 g/mol. The second kappa shape index (κ2) is 9.44. The minimum absolute atomic E-state index is 0.151. The molecule has 0 spiro atoms. The molecule has 0 bridgehead atoms. The second-order valence-corrected chi connectivity index (χ2v) is 7.46. The van der Waals surface area contributed by atoms with Gasteiger partial charge in [-0.25, -0.2) is 4.39 Å². The molecule has 3 aromatic carbocycles. The molecule has 2 amide bonds. The molecule has 1 atom stereocenters. The zero-order valence-electron chi connectivity index (χ0n) is 17.3. The van der Waals surface area contributed by atoms with E-state index in [0.717, 1.165) is 6.07 Å². The van der Waals surface area contributed by atoms with Gasteiger partial charge < -0.3 is 15.4 Å². The number of fused-ring (bicyclic) bond motifs is 1. The Balaban J connectivity index is 1.36. The van der Waals surface area contributed by atoms with E-state index in [1.165, 1.54) is 24.3 Å². The number of esters is 1. The van der Waals surface area contributed by atoms with Gasteiger partial charge >= 0.3 is 5.97 Å². The molecule has 0 saturated carbocycles. The quantitative estimate of drug-likeness (QED) is 0.441. The lowest BCUT2D eigenvalue weighted by Crippen LogP contribution is -2.29. The van der Waals surface area contributed by atoms with Crippen molar-refractivity contribution in [1.82, 2.24) is 0 Å². The van der Waals surface area contributed by atoms with E-state index in [1.54, 1.807) is 36.4 Å². The fourth-order valence-electron chi connectivity index (χ4n) is 3.50. The maximum absolute atomic E-state index is 13.4. The van der Waals surface area contributed by atoms with Crippen molar-refractivity contribution in [3.05, 3.63) is 95.3 Å². The third-order valence-corrected chi connectivity index (χ3v) is 5.19. The third-order valence-electron chi connectivity index (χ3n) is 5.19. The van der Waals surface area contributed by atoms with Crippen molar-refractivity contribution in [2.75, 3.05) is 17.2 Å². The predicted molar refractivity (Wildman–Crippen MR) is 119 cm³/mol. The summed E-state index contributed by atoms with van der Waals surface area (Å²) in [5.41, 5.74) is 1.96. The van der Waals surface area contributed by atoms with Gasteiger partial charge in [0.25, 0.3) is 5.91 Å². The highest BCUT2D eigenvalue weighted by molar-refractivity contribution is 6.05. The first kappa shape index (κ1) is 21.9. The van der Waals surface area contributed by atoms with Crippen LogP contribution in [0.25, 0.3) is 0 Å². The van der Waals surface area contributed by atoms with Crippen molar-refractivity contribution >= 4 is 34.9 Å². The molecule has 3 aromatic rings. The van der Waals surface area contributed by atoms with Crippen molar-refractivity contribution in [3.8, 4) is 0 Å². The zero-order valence-corrected chi connectivity index (χ0v) is 17.3. The fraction of sp³-hybridized carbons (Fsp3) is 0.120. The van der Waals surface area contributed by atoms with Crippen molar-refractivity contribution in [2.45, 2.75) is 12.3 Å². The Labute approximate surface area is 188 Å². The SMILES string of the molecule is O=C1CC(C(=O)OCC(=O)c2ccc(NC(=O)c3ccccc3)cc2)c2ccc(F)cc2N1. The number of rotatable bonds is 6. The molecular weight excluding hydrogens is 427 g/mol. The Morgan fingerprint density at radius 2 is 1.70 bits per heavy atom. The van der Waals surface area contributed by atoms with Crippen LogP contribution in [0.3, 0.4) is 0 Å². The van der Waals surface area contributed by atoms with Gasteiger partial charge in [0, 0.05) is 28.9 Å². The molecule has 0 fully saturated rings. The first-order valence-corrected chi connectivity index (χ1v) is 10.2. The Hall–Kier alpha value is -4.33. The number of anilines is 2. The molecule has 4 rings (SSSR count). The number of hydrogen-bond acceptors (Lipinski definition) is 5. The molecule has 33 heavy (non-hydrogen) atoms. The first-order valence-electron chi connectivity index (χ1n) is 10.2. The molecule has 7 nitrogen and oxygen atoms in total. The molecule has 166 valence electrons. The number of carbonyl (C=O) groups is 4. The van der Waals surface area contributed by atoms with E-state index in [9.17, 15) is 23.6 Å². The van der Waals surface area contributed by atoms with Gasteiger partial charge in [-0.15, -0.1) is 0 Å². The Morgan fingerprint density at radius 3 is 2.42 bits per heavy atom. The van der Waals surface area contributed by atoms with Gasteiger partial charge in [0.2, 0.25) is 5.91 Å². The molecular formula is C25H19FN2O5. The topological polar surface area (TPSA) is 102 Å². The van der Waals surface area contributed by atoms with Crippen LogP contribution in [0.4, 0.5) is 15.8 Å². The largest absolute Gasteiger partial charge is 0.457 e. The van der Waals surface area contributed by atoms with Crippen LogP contribution in [0.1, 0.15) is 38.6 Å². The molecule has 0 aliphatic carbocycles. The smallest absolute Gasteiger partial charge is 0.314 e. The van der Waals surface area contributed by atoms with Crippen LogP contribution in [0, 0.1) is 5.82 Å². The predicted octanol–water partition coefficient (Wildman–Crippen LogP) is 3.93. The average Bonchev–Trinajstić information content (AvgIpc) is 2.82. The van der Waals surface area contributed by atoms with Crippen LogP contribution in [-0.4, -0.2) is 30.2 Å². The van der Waals surface area contributed by atoms with Gasteiger partial charge in [0.1, 0.15) is 5.82 Å². The molecule has 0 saturated heterocycles. The van der Waals surface area contributed by atoms with Crippen LogP contribution in [0.15, 0.2) is 72.8 Å². The number of ether oxygens (including phenoxy) is 1. The minimum atomic E-state index is -0.919. The number of benzene rings is 3. The molecule has 0 aromatic heterocycles. The van der Waals surface area contributed by atoms with Crippen LogP contribution < -0.4 is 10.6 Å². The van der Waals surface area contributed by atoms with Gasteiger partial charge in [-0.3, -0.25) is 19.2 Å². The van der Waals surface area contributed by atoms with Gasteiger partial charge in [0.15, 0.2) is 12.4 Å². The van der Waals surface area contributed by atoms with Gasteiger partial charge in [-0.2, -0.15) is 0 Å². The standard InChI is InChI=1S/C25H19FN2O5/c26-17-8-11-19-20(13-23(30)28-21(19)12-17)25(32)33-14-22(29)15-6-9-18(10-7-15)27-24(31)16-4-2-1-3-5-16/h1-12,20H,13-14H2,(H,27,31)(H,28,30). The molecule has 1 aliphatic rings. The lowest BCUT2D eigenvalue weighted by atomic mass is 9.90. The highest BCUT2D eigenvalue weighted by atomic mass is 19.1. The van der Waals surface area contributed by atoms with Crippen molar-refractivity contribution < 1.29 is 28.3 Å². The molecule has 1 aliphatic heterocycles. The van der Waals surface area contributed by atoms with Crippen molar-refractivity contribution in [2.24, 2.45) is 0 Å². The summed E-state index contributed by atoms with van der Waals surface area (Å²) in [4.78, 5) is 49.1. The molecule has 2 N–H and O–H groups in total. The number of carbonyl (C=O) groups excluding carboxylic acids is 4. The third kappa shape index (κ3) is 5.12. The zero-order chi connectivity index (χ0) is 23.4. The van der Waals surface area contributed by atoms with Crippen LogP contribution in [-0.2, 0) is 14.3 Å². The van der Waals surface area contributed by atoms with Gasteiger partial charge in [0.05, 0.1) is 5.92 Å². The summed E-state index contributed by atoms with van der Waals surface area (Å²) < 4.78 is 18.6.